The van der Waals surface area contributed by atoms with Gasteiger partial charge in [0, 0.05) is 16.2 Å². The molecule has 0 aliphatic carbocycles. The van der Waals surface area contributed by atoms with E-state index in [0.717, 1.165) is 28.5 Å². The predicted molar refractivity (Wildman–Crippen MR) is 73.1 cm³/mol. The maximum atomic E-state index is 5.58. The summed E-state index contributed by atoms with van der Waals surface area (Å²) < 4.78 is 0. The Hall–Kier alpha value is -1.26. The summed E-state index contributed by atoms with van der Waals surface area (Å²) in [5.41, 5.74) is 8.78. The molecule has 1 aromatic heterocycles. The molecule has 90 valence electrons. The van der Waals surface area contributed by atoms with Gasteiger partial charge in [-0.15, -0.1) is 11.8 Å². The van der Waals surface area contributed by atoms with E-state index in [-0.39, 0.29) is 0 Å². The lowest BCUT2D eigenvalue weighted by Gasteiger charge is -2.01. The number of aryl methyl sites for hydroxylation is 1. The molecule has 17 heavy (non-hydrogen) atoms. The van der Waals surface area contributed by atoms with Crippen molar-refractivity contribution in [1.29, 1.82) is 0 Å². The molecule has 0 aliphatic heterocycles. The third kappa shape index (κ3) is 2.70. The van der Waals surface area contributed by atoms with Crippen molar-refractivity contribution in [3.8, 4) is 11.3 Å². The van der Waals surface area contributed by atoms with E-state index in [1.54, 1.807) is 0 Å². The van der Waals surface area contributed by atoms with Crippen molar-refractivity contribution in [2.75, 3.05) is 5.75 Å². The van der Waals surface area contributed by atoms with Crippen molar-refractivity contribution in [2.45, 2.75) is 25.3 Å². The molecule has 0 unspecified atom stereocenters. The molecule has 1 heterocycles. The second kappa shape index (κ2) is 5.38. The lowest BCUT2D eigenvalue weighted by molar-refractivity contribution is 0.944. The van der Waals surface area contributed by atoms with Crippen LogP contribution in [-0.2, 0) is 6.54 Å². The normalized spacial score (nSPS) is 10.8. The number of nitrogens with zero attached hydrogens (tertiary/aromatic N) is 1. The first-order valence-electron chi connectivity index (χ1n) is 5.73. The van der Waals surface area contributed by atoms with Crippen LogP contribution in [0, 0.1) is 6.92 Å². The molecule has 1 aromatic carbocycles. The van der Waals surface area contributed by atoms with Crippen molar-refractivity contribution in [2.24, 2.45) is 5.73 Å². The maximum Gasteiger partial charge on any atom is 0.120 e. The number of nitrogens with two attached hydrogens (primary N) is 1. The summed E-state index contributed by atoms with van der Waals surface area (Å²) >= 11 is 1.84. The van der Waals surface area contributed by atoms with Crippen LogP contribution in [0.3, 0.4) is 0 Å². The summed E-state index contributed by atoms with van der Waals surface area (Å²) in [7, 11) is 0. The second-order valence-electron chi connectivity index (χ2n) is 3.82. The summed E-state index contributed by atoms with van der Waals surface area (Å²) in [4.78, 5) is 8.97. The van der Waals surface area contributed by atoms with Crippen LogP contribution < -0.4 is 5.73 Å². The van der Waals surface area contributed by atoms with E-state index in [2.05, 4.69) is 41.2 Å². The highest BCUT2D eigenvalue weighted by Gasteiger charge is 2.07. The number of thioether (sulfide) groups is 1. The molecule has 0 fully saturated rings. The SMILES string of the molecule is CCSc1ccc(-c2nc(CN)[nH]c2C)cc1. The zero-order valence-corrected chi connectivity index (χ0v) is 11.0. The summed E-state index contributed by atoms with van der Waals surface area (Å²) in [5.74, 6) is 1.93. The van der Waals surface area contributed by atoms with Gasteiger partial charge in [-0.3, -0.25) is 0 Å². The minimum absolute atomic E-state index is 0.449. The van der Waals surface area contributed by atoms with Gasteiger partial charge in [0.1, 0.15) is 5.82 Å². The molecule has 3 N–H and O–H groups in total. The Bertz CT molecular complexity index is 488. The fourth-order valence-electron chi connectivity index (χ4n) is 1.78. The van der Waals surface area contributed by atoms with Gasteiger partial charge in [-0.05, 0) is 24.8 Å². The van der Waals surface area contributed by atoms with E-state index in [1.807, 2.05) is 18.7 Å². The van der Waals surface area contributed by atoms with Crippen molar-refractivity contribution < 1.29 is 0 Å². The predicted octanol–water partition coefficient (Wildman–Crippen LogP) is 2.96. The average molecular weight is 247 g/mol. The molecular weight excluding hydrogens is 230 g/mol. The van der Waals surface area contributed by atoms with Gasteiger partial charge >= 0.3 is 0 Å². The highest BCUT2D eigenvalue weighted by atomic mass is 32.2. The highest BCUT2D eigenvalue weighted by Crippen LogP contribution is 2.24. The molecule has 0 saturated carbocycles. The number of H-pyrrole nitrogens is 1. The van der Waals surface area contributed by atoms with Gasteiger partial charge in [0.05, 0.1) is 12.2 Å². The molecule has 0 amide bonds. The van der Waals surface area contributed by atoms with E-state index >= 15 is 0 Å². The fourth-order valence-corrected chi connectivity index (χ4v) is 2.44. The Balaban J connectivity index is 2.29. The van der Waals surface area contributed by atoms with Crippen LogP contribution in [0.5, 0.6) is 0 Å². The Labute approximate surface area is 106 Å². The largest absolute Gasteiger partial charge is 0.344 e. The number of nitrogens with one attached hydrogen (secondary N) is 1. The number of aromatic nitrogens is 2. The number of hydrogen-bond acceptors (Lipinski definition) is 3. The van der Waals surface area contributed by atoms with Crippen molar-refractivity contribution in [3.63, 3.8) is 0 Å². The van der Waals surface area contributed by atoms with Crippen LogP contribution in [-0.4, -0.2) is 15.7 Å². The number of aromatic amines is 1. The smallest absolute Gasteiger partial charge is 0.120 e. The number of benzene rings is 1. The van der Waals surface area contributed by atoms with Crippen LogP contribution in [0.4, 0.5) is 0 Å². The van der Waals surface area contributed by atoms with Crippen molar-refractivity contribution in [1.82, 2.24) is 9.97 Å². The fraction of sp³-hybridized carbons (Fsp3) is 0.308. The summed E-state index contributed by atoms with van der Waals surface area (Å²) in [6.45, 7) is 4.63. The van der Waals surface area contributed by atoms with E-state index in [4.69, 9.17) is 5.73 Å². The van der Waals surface area contributed by atoms with Crippen LogP contribution in [0.25, 0.3) is 11.3 Å². The van der Waals surface area contributed by atoms with Gasteiger partial charge in [-0.1, -0.05) is 19.1 Å². The molecule has 0 bridgehead atoms. The molecule has 0 aliphatic rings. The summed E-state index contributed by atoms with van der Waals surface area (Å²) in [6, 6.07) is 8.50. The van der Waals surface area contributed by atoms with Crippen molar-refractivity contribution in [3.05, 3.63) is 35.8 Å². The zero-order chi connectivity index (χ0) is 12.3. The number of imidazole rings is 1. The van der Waals surface area contributed by atoms with Crippen LogP contribution >= 0.6 is 11.8 Å². The Morgan fingerprint density at radius 3 is 2.53 bits per heavy atom. The lowest BCUT2D eigenvalue weighted by Crippen LogP contribution is -1.97. The molecule has 0 saturated heterocycles. The third-order valence-corrected chi connectivity index (χ3v) is 3.46. The monoisotopic (exact) mass is 247 g/mol. The highest BCUT2D eigenvalue weighted by molar-refractivity contribution is 7.99. The molecule has 0 radical (unpaired) electrons. The first kappa shape index (κ1) is 12.2. The van der Waals surface area contributed by atoms with E-state index < -0.39 is 0 Å². The van der Waals surface area contributed by atoms with Crippen LogP contribution in [0.15, 0.2) is 29.2 Å². The van der Waals surface area contributed by atoms with Gasteiger partial charge in [-0.25, -0.2) is 4.98 Å². The molecule has 0 spiro atoms. The van der Waals surface area contributed by atoms with E-state index in [0.29, 0.717) is 6.54 Å². The van der Waals surface area contributed by atoms with Gasteiger partial charge in [0.15, 0.2) is 0 Å². The van der Waals surface area contributed by atoms with Crippen LogP contribution in [0.2, 0.25) is 0 Å². The standard InChI is InChI=1S/C13H17N3S/c1-3-17-11-6-4-10(5-7-11)13-9(2)15-12(8-14)16-13/h4-7H,3,8,14H2,1-2H3,(H,15,16). The third-order valence-electron chi connectivity index (χ3n) is 2.57. The Morgan fingerprint density at radius 2 is 2.00 bits per heavy atom. The molecule has 3 nitrogen and oxygen atoms in total. The maximum absolute atomic E-state index is 5.58. The summed E-state index contributed by atoms with van der Waals surface area (Å²) in [6.07, 6.45) is 0. The Morgan fingerprint density at radius 1 is 1.29 bits per heavy atom. The second-order valence-corrected chi connectivity index (χ2v) is 5.16. The van der Waals surface area contributed by atoms with E-state index in [9.17, 15) is 0 Å². The molecular formula is C13H17N3S. The minimum Gasteiger partial charge on any atom is -0.344 e. The topological polar surface area (TPSA) is 54.7 Å². The Kier molecular flexibility index (Phi) is 3.86. The van der Waals surface area contributed by atoms with Crippen molar-refractivity contribution >= 4 is 11.8 Å². The minimum atomic E-state index is 0.449. The molecule has 2 aromatic rings. The molecule has 4 heteroatoms. The first-order valence-corrected chi connectivity index (χ1v) is 6.72. The number of hydrogen-bond donors (Lipinski definition) is 2. The van der Waals surface area contributed by atoms with Gasteiger partial charge in [-0.2, -0.15) is 0 Å². The summed E-state index contributed by atoms with van der Waals surface area (Å²) in [5, 5.41) is 0. The van der Waals surface area contributed by atoms with Crippen LogP contribution in [0.1, 0.15) is 18.4 Å². The lowest BCUT2D eigenvalue weighted by atomic mass is 10.1. The van der Waals surface area contributed by atoms with Gasteiger partial charge in [0.2, 0.25) is 0 Å². The van der Waals surface area contributed by atoms with E-state index in [1.165, 1.54) is 4.90 Å². The molecule has 2 rings (SSSR count). The number of rotatable bonds is 4. The first-order chi connectivity index (χ1) is 8.24. The quantitative estimate of drug-likeness (QED) is 0.817. The van der Waals surface area contributed by atoms with Gasteiger partial charge in [0.25, 0.3) is 0 Å². The zero-order valence-electron chi connectivity index (χ0n) is 10.2. The molecule has 0 atom stereocenters. The van der Waals surface area contributed by atoms with Gasteiger partial charge < -0.3 is 10.7 Å². The average Bonchev–Trinajstić information content (AvgIpc) is 2.72.